The Bertz CT molecular complexity index is 712. The van der Waals surface area contributed by atoms with Gasteiger partial charge in [-0.2, -0.15) is 13.2 Å². The zero-order valence-corrected chi connectivity index (χ0v) is 17.0. The molecule has 1 unspecified atom stereocenters. The molecule has 1 atom stereocenters. The van der Waals surface area contributed by atoms with Gasteiger partial charge in [-0.3, -0.25) is 0 Å². The first-order valence-corrected chi connectivity index (χ1v) is 12.8. The van der Waals surface area contributed by atoms with Crippen LogP contribution in [-0.4, -0.2) is 24.8 Å². The molecule has 3 rings (SSSR count). The maximum absolute atomic E-state index is 13.4. The van der Waals surface area contributed by atoms with Gasteiger partial charge in [0.05, 0.1) is 15.4 Å². The van der Waals surface area contributed by atoms with Crippen molar-refractivity contribution in [2.75, 3.05) is 0 Å². The van der Waals surface area contributed by atoms with Crippen LogP contribution in [0.25, 0.3) is 0 Å². The number of halogens is 3. The van der Waals surface area contributed by atoms with E-state index < -0.39 is 25.9 Å². The molecule has 2 saturated carbocycles. The average Bonchev–Trinajstić information content (AvgIpc) is 2.67. The number of benzene rings is 1. The summed E-state index contributed by atoms with van der Waals surface area (Å²) in [6, 6.07) is 8.99. The number of alkyl halides is 3. The summed E-state index contributed by atoms with van der Waals surface area (Å²) in [6.45, 7) is 0. The molecule has 154 valence electrons. The molecule has 0 amide bonds. The SMILES string of the molecule is O=S(O)(=[O+]S(c1ccccc1)(C1CCCCC1)C1CCCCC1)C(F)(F)F. The fourth-order valence-electron chi connectivity index (χ4n) is 4.46. The van der Waals surface area contributed by atoms with E-state index >= 15 is 0 Å². The lowest BCUT2D eigenvalue weighted by Gasteiger charge is -2.41. The Morgan fingerprint density at radius 1 is 0.852 bits per heavy atom. The molecule has 0 aliphatic heterocycles. The van der Waals surface area contributed by atoms with Gasteiger partial charge in [0, 0.05) is 0 Å². The summed E-state index contributed by atoms with van der Waals surface area (Å²) in [7, 11) is -7.98. The van der Waals surface area contributed by atoms with Crippen molar-refractivity contribution in [2.24, 2.45) is 0 Å². The molecule has 1 N–H and O–H groups in total. The van der Waals surface area contributed by atoms with Gasteiger partial charge in [0.1, 0.15) is 10.3 Å². The molecule has 0 radical (unpaired) electrons. The Balaban J connectivity index is 2.24. The molecule has 1 aromatic carbocycles. The largest absolute Gasteiger partial charge is 0.576 e. The van der Waals surface area contributed by atoms with E-state index in [-0.39, 0.29) is 10.5 Å². The predicted molar refractivity (Wildman–Crippen MR) is 104 cm³/mol. The fraction of sp³-hybridized carbons (Fsp3) is 0.684. The Labute approximate surface area is 161 Å². The fourth-order valence-corrected chi connectivity index (χ4v) is 11.2. The number of hydrogen-bond donors (Lipinski definition) is 1. The highest BCUT2D eigenvalue weighted by atomic mass is 32.3. The first-order chi connectivity index (χ1) is 12.8. The molecule has 2 aliphatic rings. The van der Waals surface area contributed by atoms with E-state index in [1.165, 1.54) is 0 Å². The van der Waals surface area contributed by atoms with Gasteiger partial charge < -0.3 is 0 Å². The Hall–Kier alpha value is -0.730. The molecule has 0 spiro atoms. The maximum atomic E-state index is 13.4. The van der Waals surface area contributed by atoms with Gasteiger partial charge in [-0.05, 0) is 37.8 Å². The number of hydrogen-bond acceptors (Lipinski definition) is 1. The van der Waals surface area contributed by atoms with Gasteiger partial charge in [-0.15, -0.1) is 7.49 Å². The summed E-state index contributed by atoms with van der Waals surface area (Å²) in [5.41, 5.74) is -5.29. The first-order valence-electron chi connectivity index (χ1n) is 9.67. The van der Waals surface area contributed by atoms with Gasteiger partial charge in [-0.1, -0.05) is 56.7 Å². The second kappa shape index (κ2) is 8.33. The normalized spacial score (nSPS) is 23.6. The summed E-state index contributed by atoms with van der Waals surface area (Å²) >= 11 is 0. The summed E-state index contributed by atoms with van der Waals surface area (Å²) in [6.07, 6.45) is 8.87. The van der Waals surface area contributed by atoms with Crippen molar-refractivity contribution in [3.63, 3.8) is 0 Å². The second-order valence-electron chi connectivity index (χ2n) is 7.47. The van der Waals surface area contributed by atoms with E-state index in [0.29, 0.717) is 4.90 Å². The van der Waals surface area contributed by atoms with E-state index in [1.807, 2.05) is 6.07 Å². The minimum Gasteiger partial charge on any atom is -0.238 e. The monoisotopic (exact) mass is 425 g/mol. The van der Waals surface area contributed by atoms with Gasteiger partial charge >= 0.3 is 15.6 Å². The lowest BCUT2D eigenvalue weighted by atomic mass is 10.00. The Morgan fingerprint density at radius 2 is 1.30 bits per heavy atom. The van der Waals surface area contributed by atoms with Crippen LogP contribution >= 0.6 is 10.3 Å². The summed E-state index contributed by atoms with van der Waals surface area (Å²) in [5.74, 6) is 0. The molecule has 0 saturated heterocycles. The molecule has 8 heteroatoms. The molecule has 0 aromatic heterocycles. The minimum atomic E-state index is -5.42. The van der Waals surface area contributed by atoms with Gasteiger partial charge in [0.15, 0.2) is 0 Å². The van der Waals surface area contributed by atoms with Crippen LogP contribution in [-0.2, 0) is 13.4 Å². The van der Waals surface area contributed by atoms with Crippen molar-refractivity contribution < 1.29 is 25.2 Å². The van der Waals surface area contributed by atoms with E-state index in [9.17, 15) is 21.9 Å². The molecular weight excluding hydrogens is 397 g/mol. The van der Waals surface area contributed by atoms with Crippen molar-refractivity contribution in [3.05, 3.63) is 30.3 Å². The van der Waals surface area contributed by atoms with Crippen LogP contribution in [0.15, 0.2) is 35.2 Å². The molecule has 2 fully saturated rings. The van der Waals surface area contributed by atoms with Crippen LogP contribution < -0.4 is 0 Å². The van der Waals surface area contributed by atoms with Crippen molar-refractivity contribution in [1.82, 2.24) is 0 Å². The summed E-state index contributed by atoms with van der Waals surface area (Å²) < 4.78 is 67.8. The first kappa shape index (κ1) is 21.0. The van der Waals surface area contributed by atoms with E-state index in [0.717, 1.165) is 64.2 Å². The lowest BCUT2D eigenvalue weighted by molar-refractivity contribution is -0.0543. The van der Waals surface area contributed by atoms with Crippen molar-refractivity contribution in [2.45, 2.75) is 85.1 Å². The van der Waals surface area contributed by atoms with Crippen LogP contribution in [0, 0.1) is 0 Å². The highest BCUT2D eigenvalue weighted by molar-refractivity contribution is 8.31. The molecular formula is C19H28F3O3S2+. The van der Waals surface area contributed by atoms with E-state index in [4.69, 9.17) is 3.29 Å². The molecule has 0 heterocycles. The van der Waals surface area contributed by atoms with Crippen LogP contribution in [0.3, 0.4) is 0 Å². The van der Waals surface area contributed by atoms with Crippen molar-refractivity contribution in [3.8, 4) is 0 Å². The molecule has 27 heavy (non-hydrogen) atoms. The molecule has 2 aliphatic carbocycles. The highest BCUT2D eigenvalue weighted by Crippen LogP contribution is 2.68. The third-order valence-corrected chi connectivity index (χ3v) is 11.9. The molecule has 0 bridgehead atoms. The van der Waals surface area contributed by atoms with Crippen LogP contribution in [0.4, 0.5) is 13.2 Å². The molecule has 1 aromatic rings. The predicted octanol–water partition coefficient (Wildman–Crippen LogP) is 6.59. The lowest BCUT2D eigenvalue weighted by Crippen LogP contribution is -2.35. The minimum absolute atomic E-state index is 0.105. The zero-order valence-electron chi connectivity index (χ0n) is 15.3. The zero-order chi connectivity index (χ0) is 19.5. The average molecular weight is 426 g/mol. The topological polar surface area (TPSA) is 48.6 Å². The van der Waals surface area contributed by atoms with E-state index in [1.54, 1.807) is 24.3 Å². The van der Waals surface area contributed by atoms with Gasteiger partial charge in [-0.25, -0.2) is 4.55 Å². The van der Waals surface area contributed by atoms with Crippen LogP contribution in [0.5, 0.6) is 0 Å². The number of rotatable bonds is 4. The smallest absolute Gasteiger partial charge is 0.238 e. The second-order valence-corrected chi connectivity index (χ2v) is 12.5. The highest BCUT2D eigenvalue weighted by Gasteiger charge is 2.60. The molecule has 3 nitrogen and oxygen atoms in total. The van der Waals surface area contributed by atoms with Crippen LogP contribution in [0.1, 0.15) is 64.2 Å². The third-order valence-electron chi connectivity index (χ3n) is 5.70. The van der Waals surface area contributed by atoms with Crippen LogP contribution in [0.2, 0.25) is 0 Å². The Kier molecular flexibility index (Phi) is 6.48. The standard InChI is InChI=1S/C19H27F3O3S2/c20-19(21,22)27(23,24)25-26(16-10-4-1-5-11-16,17-12-6-2-7-13-17)18-14-8-3-9-15-18/h1,4-5,10-11,17-18H,2-3,6-9,12-15H2/p+1. The van der Waals surface area contributed by atoms with Crippen molar-refractivity contribution in [1.29, 1.82) is 0 Å². The summed E-state index contributed by atoms with van der Waals surface area (Å²) in [5, 5.41) is -0.209. The van der Waals surface area contributed by atoms with Crippen molar-refractivity contribution >= 4 is 20.4 Å². The van der Waals surface area contributed by atoms with Gasteiger partial charge in [0.2, 0.25) is 0 Å². The third kappa shape index (κ3) is 4.32. The van der Waals surface area contributed by atoms with E-state index in [2.05, 4.69) is 0 Å². The maximum Gasteiger partial charge on any atom is 0.576 e. The van der Waals surface area contributed by atoms with Gasteiger partial charge in [0.25, 0.3) is 0 Å². The Morgan fingerprint density at radius 3 is 1.70 bits per heavy atom. The quantitative estimate of drug-likeness (QED) is 0.336. The summed E-state index contributed by atoms with van der Waals surface area (Å²) in [4.78, 5) is 0.690.